The number of amides is 2. The third kappa shape index (κ3) is 5.88. The zero-order chi connectivity index (χ0) is 32.5. The van der Waals surface area contributed by atoms with Gasteiger partial charge < -0.3 is 20.5 Å². The molecule has 2 amide bonds. The Morgan fingerprint density at radius 3 is 2.37 bits per heavy atom. The minimum absolute atomic E-state index is 0.0201. The maximum absolute atomic E-state index is 13.4. The van der Waals surface area contributed by atoms with Crippen LogP contribution in [0.2, 0.25) is 0 Å². The molecule has 1 fully saturated rings. The largest absolute Gasteiger partial charge is 0.382 e. The Morgan fingerprint density at radius 2 is 1.72 bits per heavy atom. The molecule has 236 valence electrons. The van der Waals surface area contributed by atoms with Gasteiger partial charge in [0.15, 0.2) is 5.82 Å². The lowest BCUT2D eigenvalue weighted by Gasteiger charge is -2.33. The molecule has 0 saturated carbocycles. The number of rotatable bonds is 7. The number of carbonyl (C=O) groups is 2. The Balaban J connectivity index is 1.27. The molecule has 0 radical (unpaired) electrons. The third-order valence-corrected chi connectivity index (χ3v) is 8.64. The number of hydrogen-bond acceptors (Lipinski definition) is 7. The van der Waals surface area contributed by atoms with Crippen molar-refractivity contribution in [2.24, 2.45) is 5.92 Å². The van der Waals surface area contributed by atoms with Crippen molar-refractivity contribution in [3.05, 3.63) is 95.1 Å². The van der Waals surface area contributed by atoms with Gasteiger partial charge in [-0.1, -0.05) is 32.0 Å². The third-order valence-electron chi connectivity index (χ3n) is 8.64. The van der Waals surface area contributed by atoms with E-state index in [0.717, 1.165) is 35.2 Å². The Hall–Kier alpha value is -5.32. The van der Waals surface area contributed by atoms with Crippen LogP contribution in [0.1, 0.15) is 68.5 Å². The van der Waals surface area contributed by atoms with Crippen LogP contribution < -0.4 is 16.5 Å². The molecule has 0 atom stereocenters. The van der Waals surface area contributed by atoms with Gasteiger partial charge in [-0.15, -0.1) is 0 Å². The lowest BCUT2D eigenvalue weighted by atomic mass is 9.92. The molecule has 3 N–H and O–H groups in total. The second-order valence-corrected chi connectivity index (χ2v) is 12.4. The summed E-state index contributed by atoms with van der Waals surface area (Å²) in [6, 6.07) is 13.1. The number of pyridine rings is 2. The summed E-state index contributed by atoms with van der Waals surface area (Å²) in [5, 5.41) is 7.44. The molecule has 0 spiro atoms. The van der Waals surface area contributed by atoms with Crippen LogP contribution in [0.15, 0.2) is 78.4 Å². The Bertz CT molecular complexity index is 1950. The predicted molar refractivity (Wildman–Crippen MR) is 178 cm³/mol. The molecule has 0 unspecified atom stereocenters. The summed E-state index contributed by atoms with van der Waals surface area (Å²) in [7, 11) is 0. The number of likely N-dealkylation sites (tertiary alicyclic amines) is 1. The van der Waals surface area contributed by atoms with Gasteiger partial charge in [-0.05, 0) is 56.5 Å². The smallest absolute Gasteiger partial charge is 0.261 e. The fourth-order valence-electron chi connectivity index (χ4n) is 6.08. The molecule has 11 nitrogen and oxygen atoms in total. The van der Waals surface area contributed by atoms with Crippen molar-refractivity contribution in [1.82, 2.24) is 29.0 Å². The predicted octanol–water partition coefficient (Wildman–Crippen LogP) is 5.40. The summed E-state index contributed by atoms with van der Waals surface area (Å²) in [5.41, 5.74) is 11.2. The molecule has 1 saturated heterocycles. The first-order valence-corrected chi connectivity index (χ1v) is 15.6. The minimum Gasteiger partial charge on any atom is -0.382 e. The SMILES string of the molecule is CC(C)C(=O)N1CCC(c2cc(-c3ccc(NC(=O)c4cn(C(C)C)cc(-c5cccnc5)c4=O)cc3)c3c(N)ncnn23)CC1. The van der Waals surface area contributed by atoms with Crippen molar-refractivity contribution in [2.45, 2.75) is 52.5 Å². The molecule has 1 aromatic carbocycles. The van der Waals surface area contributed by atoms with E-state index in [4.69, 9.17) is 5.73 Å². The highest BCUT2D eigenvalue weighted by molar-refractivity contribution is 6.05. The summed E-state index contributed by atoms with van der Waals surface area (Å²) in [4.78, 5) is 49.8. The lowest BCUT2D eigenvalue weighted by Crippen LogP contribution is -2.40. The number of fused-ring (bicyclic) bond motifs is 1. The van der Waals surface area contributed by atoms with Crippen LogP contribution >= 0.6 is 0 Å². The van der Waals surface area contributed by atoms with Crippen LogP contribution in [0, 0.1) is 5.92 Å². The van der Waals surface area contributed by atoms with Gasteiger partial charge in [0, 0.05) is 83.8 Å². The molecule has 4 aromatic heterocycles. The highest BCUT2D eigenvalue weighted by Gasteiger charge is 2.28. The maximum Gasteiger partial charge on any atom is 0.261 e. The van der Waals surface area contributed by atoms with Crippen LogP contribution in [0.5, 0.6) is 0 Å². The van der Waals surface area contributed by atoms with Crippen molar-refractivity contribution in [2.75, 3.05) is 24.1 Å². The van der Waals surface area contributed by atoms with Crippen molar-refractivity contribution >= 4 is 28.8 Å². The zero-order valence-corrected chi connectivity index (χ0v) is 26.5. The number of nitrogens with one attached hydrogen (secondary N) is 1. The van der Waals surface area contributed by atoms with E-state index in [1.54, 1.807) is 49.1 Å². The molecule has 5 aromatic rings. The average Bonchev–Trinajstić information content (AvgIpc) is 3.46. The van der Waals surface area contributed by atoms with E-state index in [0.29, 0.717) is 35.7 Å². The summed E-state index contributed by atoms with van der Waals surface area (Å²) in [6.07, 6.45) is 9.74. The molecule has 46 heavy (non-hydrogen) atoms. The van der Waals surface area contributed by atoms with E-state index in [2.05, 4.69) is 26.4 Å². The molecular weight excluding hydrogens is 580 g/mol. The van der Waals surface area contributed by atoms with Crippen molar-refractivity contribution in [1.29, 1.82) is 0 Å². The van der Waals surface area contributed by atoms with Gasteiger partial charge in [0.1, 0.15) is 17.4 Å². The first-order valence-electron chi connectivity index (χ1n) is 15.6. The van der Waals surface area contributed by atoms with E-state index in [-0.39, 0.29) is 34.8 Å². The van der Waals surface area contributed by atoms with E-state index < -0.39 is 5.91 Å². The molecule has 0 bridgehead atoms. The van der Waals surface area contributed by atoms with E-state index in [9.17, 15) is 14.4 Å². The highest BCUT2D eigenvalue weighted by atomic mass is 16.2. The molecule has 11 heteroatoms. The lowest BCUT2D eigenvalue weighted by molar-refractivity contribution is -0.135. The Kier molecular flexibility index (Phi) is 8.40. The van der Waals surface area contributed by atoms with Crippen LogP contribution in [0.3, 0.4) is 0 Å². The Morgan fingerprint density at radius 1 is 0.978 bits per heavy atom. The zero-order valence-electron chi connectivity index (χ0n) is 26.5. The summed E-state index contributed by atoms with van der Waals surface area (Å²) in [5.74, 6) is 0.256. The topological polar surface area (TPSA) is 141 Å². The maximum atomic E-state index is 13.4. The van der Waals surface area contributed by atoms with E-state index in [1.807, 2.05) is 53.8 Å². The Labute approximate surface area is 267 Å². The number of anilines is 2. The monoisotopic (exact) mass is 618 g/mol. The number of benzene rings is 1. The van der Waals surface area contributed by atoms with Gasteiger partial charge >= 0.3 is 0 Å². The molecule has 1 aliphatic heterocycles. The molecule has 6 rings (SSSR count). The number of nitrogens with two attached hydrogens (primary N) is 1. The van der Waals surface area contributed by atoms with Gasteiger partial charge in [0.25, 0.3) is 5.91 Å². The van der Waals surface area contributed by atoms with Gasteiger partial charge in [0.05, 0.1) is 0 Å². The standard InChI is InChI=1S/C35H38N8O3/c1-21(2)35(46)41-14-11-24(12-15-41)30-16-27(31-33(36)38-20-39-43(30)31)23-7-9-26(10-8-23)40-34(45)29-19-42(22(3)4)18-28(32(29)44)25-6-5-13-37-17-25/h5-10,13,16-22,24H,11-12,14-15H2,1-4H3,(H,40,45)(H2,36,38,39). The number of aromatic nitrogens is 5. The number of nitrogen functional groups attached to an aromatic ring is 1. The normalized spacial score (nSPS) is 13.9. The summed E-state index contributed by atoms with van der Waals surface area (Å²) in [6.45, 7) is 9.25. The number of hydrogen-bond donors (Lipinski definition) is 2. The van der Waals surface area contributed by atoms with Crippen molar-refractivity contribution in [3.8, 4) is 22.3 Å². The summed E-state index contributed by atoms with van der Waals surface area (Å²) >= 11 is 0. The van der Waals surface area contributed by atoms with Crippen molar-refractivity contribution in [3.63, 3.8) is 0 Å². The number of nitrogens with zero attached hydrogens (tertiary/aromatic N) is 6. The van der Waals surface area contributed by atoms with Crippen LogP contribution in [-0.4, -0.2) is 54.0 Å². The van der Waals surface area contributed by atoms with E-state index in [1.165, 1.54) is 6.33 Å². The van der Waals surface area contributed by atoms with Crippen LogP contribution in [0.25, 0.3) is 27.8 Å². The number of carbonyl (C=O) groups excluding carboxylic acids is 2. The van der Waals surface area contributed by atoms with Gasteiger partial charge in [-0.3, -0.25) is 19.4 Å². The fraction of sp³-hybridized carbons (Fsp3) is 0.314. The first-order chi connectivity index (χ1) is 22.1. The minimum atomic E-state index is -0.491. The van der Waals surface area contributed by atoms with Crippen molar-refractivity contribution < 1.29 is 9.59 Å². The molecular formula is C35H38N8O3. The van der Waals surface area contributed by atoms with Crippen LogP contribution in [0.4, 0.5) is 11.5 Å². The fourth-order valence-corrected chi connectivity index (χ4v) is 6.08. The first kappa shape index (κ1) is 30.7. The second-order valence-electron chi connectivity index (χ2n) is 12.4. The van der Waals surface area contributed by atoms with Crippen LogP contribution in [-0.2, 0) is 4.79 Å². The number of piperidine rings is 1. The van der Waals surface area contributed by atoms with Gasteiger partial charge in [0.2, 0.25) is 11.3 Å². The second kappa shape index (κ2) is 12.6. The average molecular weight is 619 g/mol. The van der Waals surface area contributed by atoms with E-state index >= 15 is 0 Å². The van der Waals surface area contributed by atoms with Gasteiger partial charge in [-0.25, -0.2) is 9.50 Å². The molecule has 5 heterocycles. The molecule has 0 aliphatic carbocycles. The summed E-state index contributed by atoms with van der Waals surface area (Å²) < 4.78 is 3.73. The molecule has 1 aliphatic rings. The quantitative estimate of drug-likeness (QED) is 0.249. The van der Waals surface area contributed by atoms with Gasteiger partial charge in [-0.2, -0.15) is 5.10 Å². The highest BCUT2D eigenvalue weighted by Crippen LogP contribution is 2.37.